The first kappa shape index (κ1) is 16.8. The van der Waals surface area contributed by atoms with Crippen LogP contribution < -0.4 is 5.32 Å². The molecule has 1 unspecified atom stereocenters. The van der Waals surface area contributed by atoms with Gasteiger partial charge in [0, 0.05) is 26.9 Å². The molecule has 0 heterocycles. The molecule has 1 atom stereocenters. The van der Waals surface area contributed by atoms with Crippen LogP contribution in [0.15, 0.2) is 0 Å². The van der Waals surface area contributed by atoms with Gasteiger partial charge in [0.2, 0.25) is 0 Å². The minimum absolute atomic E-state index is 0.0774. The van der Waals surface area contributed by atoms with E-state index in [1.807, 2.05) is 13.8 Å². The van der Waals surface area contributed by atoms with E-state index in [1.165, 1.54) is 0 Å². The van der Waals surface area contributed by atoms with Crippen LogP contribution in [0.2, 0.25) is 0 Å². The van der Waals surface area contributed by atoms with Gasteiger partial charge in [-0.25, -0.2) is 8.42 Å². The molecule has 0 saturated heterocycles. The van der Waals surface area contributed by atoms with E-state index in [1.54, 1.807) is 21.3 Å². The van der Waals surface area contributed by atoms with Crippen LogP contribution >= 0.6 is 0 Å². The molecule has 0 aromatic carbocycles. The topological polar surface area (TPSA) is 64.6 Å². The summed E-state index contributed by atoms with van der Waals surface area (Å²) < 4.78 is 33.9. The Labute approximate surface area is 105 Å². The van der Waals surface area contributed by atoms with Crippen molar-refractivity contribution in [2.24, 2.45) is 0 Å². The van der Waals surface area contributed by atoms with Gasteiger partial charge in [-0.15, -0.1) is 0 Å². The molecule has 1 N–H and O–H groups in total. The molecule has 0 saturated carbocycles. The monoisotopic (exact) mass is 267 g/mol. The Morgan fingerprint density at radius 2 is 1.88 bits per heavy atom. The molecular formula is C11H25NO4S. The van der Waals surface area contributed by atoms with Crippen molar-refractivity contribution in [3.63, 3.8) is 0 Å². The molecule has 0 aliphatic heterocycles. The van der Waals surface area contributed by atoms with Gasteiger partial charge in [0.25, 0.3) is 0 Å². The third kappa shape index (κ3) is 6.35. The van der Waals surface area contributed by atoms with E-state index in [2.05, 4.69) is 5.32 Å². The highest BCUT2D eigenvalue weighted by Crippen LogP contribution is 2.15. The highest BCUT2D eigenvalue weighted by molar-refractivity contribution is 7.91. The molecule has 0 aliphatic rings. The largest absolute Gasteiger partial charge is 0.385 e. The van der Waals surface area contributed by atoms with Crippen molar-refractivity contribution in [1.29, 1.82) is 0 Å². The Morgan fingerprint density at radius 1 is 1.29 bits per heavy atom. The van der Waals surface area contributed by atoms with Crippen molar-refractivity contribution in [2.45, 2.75) is 31.9 Å². The first-order chi connectivity index (χ1) is 7.79. The Hall–Kier alpha value is -0.170. The summed E-state index contributed by atoms with van der Waals surface area (Å²) in [6.07, 6.45) is 0.530. The molecule has 0 spiro atoms. The molecule has 0 fully saturated rings. The zero-order valence-corrected chi connectivity index (χ0v) is 12.3. The van der Waals surface area contributed by atoms with Gasteiger partial charge >= 0.3 is 0 Å². The molecule has 0 rings (SSSR count). The molecule has 104 valence electrons. The zero-order valence-electron chi connectivity index (χ0n) is 11.4. The number of likely N-dealkylation sites (N-methyl/N-ethyl adjacent to an activating group) is 1. The van der Waals surface area contributed by atoms with Crippen molar-refractivity contribution < 1.29 is 17.9 Å². The normalized spacial score (nSPS) is 14.9. The van der Waals surface area contributed by atoms with Crippen molar-refractivity contribution >= 4 is 9.84 Å². The summed E-state index contributed by atoms with van der Waals surface area (Å²) in [5.41, 5.74) is -0.511. The van der Waals surface area contributed by atoms with Crippen molar-refractivity contribution in [1.82, 2.24) is 5.32 Å². The lowest BCUT2D eigenvalue weighted by Crippen LogP contribution is -2.50. The summed E-state index contributed by atoms with van der Waals surface area (Å²) in [4.78, 5) is 0. The van der Waals surface area contributed by atoms with E-state index in [-0.39, 0.29) is 17.5 Å². The van der Waals surface area contributed by atoms with Gasteiger partial charge in [0.1, 0.15) is 0 Å². The minimum atomic E-state index is -3.08. The molecule has 5 nitrogen and oxygen atoms in total. The molecule has 6 heteroatoms. The van der Waals surface area contributed by atoms with Gasteiger partial charge in [-0.3, -0.25) is 0 Å². The summed E-state index contributed by atoms with van der Waals surface area (Å²) in [6.45, 7) is 4.22. The molecule has 0 aliphatic carbocycles. The maximum Gasteiger partial charge on any atom is 0.152 e. The fourth-order valence-electron chi connectivity index (χ4n) is 1.53. The van der Waals surface area contributed by atoms with Crippen LogP contribution in [0.5, 0.6) is 0 Å². The highest BCUT2D eigenvalue weighted by Gasteiger charge is 2.31. The van der Waals surface area contributed by atoms with Crippen LogP contribution in [0.25, 0.3) is 0 Å². The Bertz CT molecular complexity index is 301. The minimum Gasteiger partial charge on any atom is -0.385 e. The van der Waals surface area contributed by atoms with Crippen molar-refractivity contribution in [2.75, 3.05) is 39.4 Å². The van der Waals surface area contributed by atoms with E-state index in [0.717, 1.165) is 0 Å². The van der Waals surface area contributed by atoms with Gasteiger partial charge in [0.15, 0.2) is 9.84 Å². The molecular weight excluding hydrogens is 242 g/mol. The second-order valence-corrected chi connectivity index (χ2v) is 6.84. The van der Waals surface area contributed by atoms with Gasteiger partial charge < -0.3 is 14.8 Å². The molecule has 0 aromatic heterocycles. The molecule has 0 bridgehead atoms. The smallest absolute Gasteiger partial charge is 0.152 e. The standard InChI is InChI=1S/C11H25NO4S/c1-11(2,16-5)10(12-3)9-17(13,14)8-6-7-15-4/h10,12H,6-9H2,1-5H3. The number of sulfone groups is 1. The predicted octanol–water partition coefficient (Wildman–Crippen LogP) is 0.451. The fraction of sp³-hybridized carbons (Fsp3) is 1.00. The van der Waals surface area contributed by atoms with Gasteiger partial charge in [0.05, 0.1) is 17.1 Å². The van der Waals surface area contributed by atoms with Crippen molar-refractivity contribution in [3.8, 4) is 0 Å². The second-order valence-electron chi connectivity index (χ2n) is 4.61. The first-order valence-corrected chi connectivity index (χ1v) is 7.53. The summed E-state index contributed by atoms with van der Waals surface area (Å²) in [5, 5.41) is 3.00. The summed E-state index contributed by atoms with van der Waals surface area (Å²) in [6, 6.07) is -0.222. The fourth-order valence-corrected chi connectivity index (χ4v) is 3.33. The van der Waals surface area contributed by atoms with E-state index in [9.17, 15) is 8.42 Å². The van der Waals surface area contributed by atoms with E-state index in [4.69, 9.17) is 9.47 Å². The summed E-state index contributed by atoms with van der Waals surface area (Å²) in [7, 11) is 1.82. The number of methoxy groups -OCH3 is 2. The summed E-state index contributed by atoms with van der Waals surface area (Å²) in [5.74, 6) is 0.229. The number of hydrogen-bond acceptors (Lipinski definition) is 5. The highest BCUT2D eigenvalue weighted by atomic mass is 32.2. The Morgan fingerprint density at radius 3 is 2.29 bits per heavy atom. The molecule has 0 radical (unpaired) electrons. The lowest BCUT2D eigenvalue weighted by molar-refractivity contribution is -0.00202. The average molecular weight is 267 g/mol. The Balaban J connectivity index is 4.46. The third-order valence-electron chi connectivity index (χ3n) is 2.94. The predicted molar refractivity (Wildman–Crippen MR) is 69.1 cm³/mol. The average Bonchev–Trinajstić information content (AvgIpc) is 2.26. The first-order valence-electron chi connectivity index (χ1n) is 5.71. The second kappa shape index (κ2) is 7.31. The quantitative estimate of drug-likeness (QED) is 0.615. The number of ether oxygens (including phenoxy) is 2. The van der Waals surface area contributed by atoms with Gasteiger partial charge in [-0.1, -0.05) is 0 Å². The van der Waals surface area contributed by atoms with Crippen LogP contribution in [0.3, 0.4) is 0 Å². The van der Waals surface area contributed by atoms with Gasteiger partial charge in [-0.05, 0) is 27.3 Å². The van der Waals surface area contributed by atoms with E-state index < -0.39 is 15.4 Å². The number of nitrogens with one attached hydrogen (secondary N) is 1. The maximum atomic E-state index is 11.9. The molecule has 17 heavy (non-hydrogen) atoms. The van der Waals surface area contributed by atoms with Crippen LogP contribution in [-0.4, -0.2) is 59.4 Å². The summed E-state index contributed by atoms with van der Waals surface area (Å²) >= 11 is 0. The van der Waals surface area contributed by atoms with Crippen LogP contribution in [0.1, 0.15) is 20.3 Å². The van der Waals surface area contributed by atoms with Crippen molar-refractivity contribution in [3.05, 3.63) is 0 Å². The third-order valence-corrected chi connectivity index (χ3v) is 4.69. The van der Waals surface area contributed by atoms with E-state index in [0.29, 0.717) is 13.0 Å². The maximum absolute atomic E-state index is 11.9. The Kier molecular flexibility index (Phi) is 7.23. The SMILES string of the molecule is CNC(CS(=O)(=O)CCCOC)C(C)(C)OC. The zero-order chi connectivity index (χ0) is 13.5. The molecule has 0 amide bonds. The lowest BCUT2D eigenvalue weighted by atomic mass is 10.0. The van der Waals surface area contributed by atoms with Crippen LogP contribution in [0, 0.1) is 0 Å². The molecule has 0 aromatic rings. The van der Waals surface area contributed by atoms with Crippen LogP contribution in [-0.2, 0) is 19.3 Å². The van der Waals surface area contributed by atoms with Crippen LogP contribution in [0.4, 0.5) is 0 Å². The number of rotatable bonds is 9. The number of hydrogen-bond donors (Lipinski definition) is 1. The lowest BCUT2D eigenvalue weighted by Gasteiger charge is -2.32. The van der Waals surface area contributed by atoms with E-state index >= 15 is 0 Å². The van der Waals surface area contributed by atoms with Gasteiger partial charge in [-0.2, -0.15) is 0 Å².